The van der Waals surface area contributed by atoms with Crippen LogP contribution in [0.5, 0.6) is 0 Å². The summed E-state index contributed by atoms with van der Waals surface area (Å²) in [6.45, 7) is 2.06. The minimum atomic E-state index is -1.23. The van der Waals surface area contributed by atoms with E-state index in [0.29, 0.717) is 0 Å². The van der Waals surface area contributed by atoms with Gasteiger partial charge in [0.15, 0.2) is 6.29 Å². The Labute approximate surface area is 157 Å². The van der Waals surface area contributed by atoms with Crippen molar-refractivity contribution in [2.24, 2.45) is 5.73 Å². The highest BCUT2D eigenvalue weighted by Crippen LogP contribution is 2.29. The molecule has 11 heteroatoms. The molecule has 2 aliphatic heterocycles. The molecule has 2 aliphatic rings. The molecule has 158 valence electrons. The van der Waals surface area contributed by atoms with E-state index >= 15 is 0 Å². The second-order valence-electron chi connectivity index (χ2n) is 6.87. The first-order chi connectivity index (χ1) is 12.7. The molecule has 2 rings (SSSR count). The summed E-state index contributed by atoms with van der Waals surface area (Å²) >= 11 is 0. The second-order valence-corrected chi connectivity index (χ2v) is 6.87. The molecule has 10 atom stereocenters. The number of amides is 1. The third-order valence-electron chi connectivity index (χ3n) is 4.98. The largest absolute Gasteiger partial charge is 0.394 e. The average molecular weight is 394 g/mol. The van der Waals surface area contributed by atoms with E-state index in [0.717, 1.165) is 0 Å². The van der Waals surface area contributed by atoms with Gasteiger partial charge in [-0.25, -0.2) is 0 Å². The van der Waals surface area contributed by atoms with Crippen LogP contribution in [0.1, 0.15) is 13.8 Å². The highest BCUT2D eigenvalue weighted by molar-refractivity contribution is 5.73. The van der Waals surface area contributed by atoms with Gasteiger partial charge < -0.3 is 50.4 Å². The third-order valence-corrected chi connectivity index (χ3v) is 4.98. The molecular formula is C16H30N2O9. The van der Waals surface area contributed by atoms with Gasteiger partial charge in [-0.2, -0.15) is 0 Å². The Balaban J connectivity index is 2.17. The zero-order chi connectivity index (χ0) is 20.3. The maximum absolute atomic E-state index is 11.4. The Morgan fingerprint density at radius 1 is 1.11 bits per heavy atom. The summed E-state index contributed by atoms with van der Waals surface area (Å²) in [5.74, 6) is -0.361. The van der Waals surface area contributed by atoms with Gasteiger partial charge in [0, 0.05) is 14.0 Å². The molecule has 2 saturated heterocycles. The molecule has 10 unspecified atom stereocenters. The lowest BCUT2D eigenvalue weighted by molar-refractivity contribution is -0.313. The van der Waals surface area contributed by atoms with Gasteiger partial charge in [-0.15, -0.1) is 0 Å². The Morgan fingerprint density at radius 2 is 1.70 bits per heavy atom. The van der Waals surface area contributed by atoms with E-state index in [2.05, 4.69) is 5.32 Å². The lowest BCUT2D eigenvalue weighted by Gasteiger charge is -2.47. The van der Waals surface area contributed by atoms with E-state index in [1.165, 1.54) is 14.0 Å². The number of aliphatic hydroxyl groups excluding tert-OH is 4. The predicted octanol–water partition coefficient (Wildman–Crippen LogP) is -3.56. The van der Waals surface area contributed by atoms with Crippen molar-refractivity contribution in [2.75, 3.05) is 20.3 Å². The fraction of sp³-hybridized carbons (Fsp3) is 0.938. The van der Waals surface area contributed by atoms with Crippen LogP contribution in [-0.4, -0.2) is 108 Å². The van der Waals surface area contributed by atoms with Crippen molar-refractivity contribution in [3.8, 4) is 0 Å². The summed E-state index contributed by atoms with van der Waals surface area (Å²) < 4.78 is 22.1. The van der Waals surface area contributed by atoms with Gasteiger partial charge in [0.2, 0.25) is 5.91 Å². The molecule has 0 aromatic rings. The SMILES string of the molecule is COC1C(CO)OC(OC2C(CO)OC(C)C(NC(C)=O)C2O)C(N)C1O. The number of carbonyl (C=O) groups excluding carboxylic acids is 1. The van der Waals surface area contributed by atoms with E-state index in [-0.39, 0.29) is 5.91 Å². The number of rotatable bonds is 6. The van der Waals surface area contributed by atoms with E-state index in [4.69, 9.17) is 24.7 Å². The number of nitrogens with one attached hydrogen (secondary N) is 1. The number of aliphatic hydroxyl groups is 4. The summed E-state index contributed by atoms with van der Waals surface area (Å²) in [6.07, 6.45) is -7.93. The molecule has 0 aliphatic carbocycles. The van der Waals surface area contributed by atoms with Crippen molar-refractivity contribution >= 4 is 5.91 Å². The van der Waals surface area contributed by atoms with Gasteiger partial charge in [-0.05, 0) is 6.92 Å². The van der Waals surface area contributed by atoms with Crippen molar-refractivity contribution in [1.82, 2.24) is 5.32 Å². The first-order valence-corrected chi connectivity index (χ1v) is 8.84. The lowest BCUT2D eigenvalue weighted by Crippen LogP contribution is -2.68. The van der Waals surface area contributed by atoms with E-state index in [1.807, 2.05) is 0 Å². The van der Waals surface area contributed by atoms with Crippen molar-refractivity contribution in [3.63, 3.8) is 0 Å². The Kier molecular flexibility index (Phi) is 7.92. The quantitative estimate of drug-likeness (QED) is 0.265. The maximum atomic E-state index is 11.4. The van der Waals surface area contributed by atoms with Crippen LogP contribution in [-0.2, 0) is 23.7 Å². The van der Waals surface area contributed by atoms with Crippen molar-refractivity contribution in [1.29, 1.82) is 0 Å². The van der Waals surface area contributed by atoms with Gasteiger partial charge in [-0.3, -0.25) is 4.79 Å². The first-order valence-electron chi connectivity index (χ1n) is 8.84. The number of nitrogens with two attached hydrogens (primary N) is 1. The summed E-state index contributed by atoms with van der Waals surface area (Å²) in [6, 6.07) is -1.82. The van der Waals surface area contributed by atoms with Crippen LogP contribution in [0.25, 0.3) is 0 Å². The summed E-state index contributed by atoms with van der Waals surface area (Å²) in [5, 5.41) is 42.7. The number of ether oxygens (including phenoxy) is 4. The molecule has 7 N–H and O–H groups in total. The molecule has 1 amide bonds. The molecular weight excluding hydrogens is 364 g/mol. The minimum Gasteiger partial charge on any atom is -0.394 e. The van der Waals surface area contributed by atoms with Crippen LogP contribution < -0.4 is 11.1 Å². The molecule has 2 heterocycles. The molecule has 0 aromatic carbocycles. The predicted molar refractivity (Wildman–Crippen MR) is 90.4 cm³/mol. The van der Waals surface area contributed by atoms with E-state index in [1.54, 1.807) is 6.92 Å². The normalized spacial score (nSPS) is 45.5. The number of methoxy groups -OCH3 is 1. The van der Waals surface area contributed by atoms with Gasteiger partial charge >= 0.3 is 0 Å². The molecule has 11 nitrogen and oxygen atoms in total. The lowest BCUT2D eigenvalue weighted by atomic mass is 9.92. The van der Waals surface area contributed by atoms with Crippen LogP contribution in [0.3, 0.4) is 0 Å². The Hall–Kier alpha value is -0.890. The standard InChI is InChI=1S/C16H30N2O9/c1-6-11(18-7(2)21)13(23)15(9(5-20)25-6)27-16-10(17)12(22)14(24-3)8(4-19)26-16/h6,8-16,19-20,22-23H,4-5,17H2,1-3H3,(H,18,21). The maximum Gasteiger partial charge on any atom is 0.217 e. The molecule has 0 spiro atoms. The molecule has 0 bridgehead atoms. The van der Waals surface area contributed by atoms with Crippen molar-refractivity contribution in [2.45, 2.75) is 74.9 Å². The molecule has 27 heavy (non-hydrogen) atoms. The number of hydrogen-bond acceptors (Lipinski definition) is 10. The van der Waals surface area contributed by atoms with Crippen LogP contribution in [0.4, 0.5) is 0 Å². The van der Waals surface area contributed by atoms with Gasteiger partial charge in [-0.1, -0.05) is 0 Å². The first kappa shape index (κ1) is 22.4. The van der Waals surface area contributed by atoms with Crippen molar-refractivity contribution in [3.05, 3.63) is 0 Å². The highest BCUT2D eigenvalue weighted by atomic mass is 16.7. The third kappa shape index (κ3) is 4.75. The van der Waals surface area contributed by atoms with E-state index in [9.17, 15) is 25.2 Å². The van der Waals surface area contributed by atoms with Crippen LogP contribution in [0.2, 0.25) is 0 Å². The summed E-state index contributed by atoms with van der Waals surface area (Å²) in [5.41, 5.74) is 5.98. The van der Waals surface area contributed by atoms with Crippen LogP contribution in [0.15, 0.2) is 0 Å². The average Bonchev–Trinajstić information content (AvgIpc) is 2.63. The fourth-order valence-electron chi connectivity index (χ4n) is 3.55. The van der Waals surface area contributed by atoms with Gasteiger partial charge in [0.25, 0.3) is 0 Å². The topological polar surface area (TPSA) is 173 Å². The smallest absolute Gasteiger partial charge is 0.217 e. The second kappa shape index (κ2) is 9.54. The Morgan fingerprint density at radius 3 is 2.22 bits per heavy atom. The monoisotopic (exact) mass is 394 g/mol. The van der Waals surface area contributed by atoms with Crippen LogP contribution >= 0.6 is 0 Å². The zero-order valence-electron chi connectivity index (χ0n) is 15.6. The molecule has 0 saturated carbocycles. The minimum absolute atomic E-state index is 0.361. The van der Waals surface area contributed by atoms with Gasteiger partial charge in [0.1, 0.15) is 36.6 Å². The number of carbonyl (C=O) groups is 1. The molecule has 0 aromatic heterocycles. The molecule has 0 radical (unpaired) electrons. The highest BCUT2D eigenvalue weighted by Gasteiger charge is 2.49. The Bertz CT molecular complexity index is 495. The molecule has 2 fully saturated rings. The number of hydrogen-bond donors (Lipinski definition) is 6. The summed E-state index contributed by atoms with van der Waals surface area (Å²) in [4.78, 5) is 11.4. The van der Waals surface area contributed by atoms with E-state index < -0.39 is 74.3 Å². The zero-order valence-corrected chi connectivity index (χ0v) is 15.6. The van der Waals surface area contributed by atoms with Crippen molar-refractivity contribution < 1.29 is 44.2 Å². The summed E-state index contributed by atoms with van der Waals surface area (Å²) in [7, 11) is 1.35. The van der Waals surface area contributed by atoms with Gasteiger partial charge in [0.05, 0.1) is 31.4 Å². The fourth-order valence-corrected chi connectivity index (χ4v) is 3.55. The van der Waals surface area contributed by atoms with Crippen LogP contribution in [0, 0.1) is 0 Å².